The Bertz CT molecular complexity index is 416. The Morgan fingerprint density at radius 1 is 1.35 bits per heavy atom. The average molecular weight is 278 g/mol. The Morgan fingerprint density at radius 2 is 2.00 bits per heavy atom. The van der Waals surface area contributed by atoms with Crippen molar-refractivity contribution >= 4 is 0 Å². The molecule has 0 spiro atoms. The van der Waals surface area contributed by atoms with E-state index in [4.69, 9.17) is 0 Å². The SMILES string of the molecule is CCC(C)n1ccc(CC2(O)CCC(C(C)C)CC2)n1. The smallest absolute Gasteiger partial charge is 0.0703 e. The molecule has 3 nitrogen and oxygen atoms in total. The van der Waals surface area contributed by atoms with Gasteiger partial charge in [-0.05, 0) is 56.9 Å². The highest BCUT2D eigenvalue weighted by Crippen LogP contribution is 2.37. The van der Waals surface area contributed by atoms with Gasteiger partial charge in [0.05, 0.1) is 11.3 Å². The molecule has 1 aromatic rings. The zero-order valence-electron chi connectivity index (χ0n) is 13.5. The van der Waals surface area contributed by atoms with Crippen molar-refractivity contribution in [3.05, 3.63) is 18.0 Å². The number of aromatic nitrogens is 2. The fourth-order valence-corrected chi connectivity index (χ4v) is 3.26. The second kappa shape index (κ2) is 6.30. The van der Waals surface area contributed by atoms with Gasteiger partial charge in [-0.3, -0.25) is 4.68 Å². The lowest BCUT2D eigenvalue weighted by Gasteiger charge is -2.37. The number of rotatable bonds is 5. The van der Waals surface area contributed by atoms with Crippen molar-refractivity contribution in [1.82, 2.24) is 9.78 Å². The fourth-order valence-electron chi connectivity index (χ4n) is 3.26. The minimum atomic E-state index is -0.528. The summed E-state index contributed by atoms with van der Waals surface area (Å²) >= 11 is 0. The first-order valence-corrected chi connectivity index (χ1v) is 8.20. The minimum Gasteiger partial charge on any atom is -0.389 e. The molecule has 1 saturated carbocycles. The third-order valence-electron chi connectivity index (χ3n) is 5.12. The van der Waals surface area contributed by atoms with Crippen LogP contribution >= 0.6 is 0 Å². The average Bonchev–Trinajstić information content (AvgIpc) is 2.86. The molecule has 2 rings (SSSR count). The maximum Gasteiger partial charge on any atom is 0.0703 e. The zero-order valence-corrected chi connectivity index (χ0v) is 13.5. The van der Waals surface area contributed by atoms with Crippen LogP contribution in [0.5, 0.6) is 0 Å². The van der Waals surface area contributed by atoms with E-state index < -0.39 is 5.60 Å². The van der Waals surface area contributed by atoms with Crippen molar-refractivity contribution in [3.63, 3.8) is 0 Å². The number of aliphatic hydroxyl groups is 1. The molecule has 1 aliphatic carbocycles. The zero-order chi connectivity index (χ0) is 14.8. The minimum absolute atomic E-state index is 0.440. The van der Waals surface area contributed by atoms with Crippen molar-refractivity contribution < 1.29 is 5.11 Å². The van der Waals surface area contributed by atoms with Gasteiger partial charge in [-0.25, -0.2) is 0 Å². The van der Waals surface area contributed by atoms with Gasteiger partial charge in [0.2, 0.25) is 0 Å². The Labute approximate surface area is 123 Å². The quantitative estimate of drug-likeness (QED) is 0.885. The predicted octanol–water partition coefficient (Wildman–Crippen LogP) is 3.97. The molecular weight excluding hydrogens is 248 g/mol. The molecule has 3 heteroatoms. The standard InChI is InChI=1S/C17H30N2O/c1-5-14(4)19-11-8-16(18-19)12-17(20)9-6-15(7-10-17)13(2)3/h8,11,13-15,20H,5-7,9-10,12H2,1-4H3. The van der Waals surface area contributed by atoms with Crippen LogP contribution in [0, 0.1) is 11.8 Å². The lowest BCUT2D eigenvalue weighted by atomic mass is 9.73. The summed E-state index contributed by atoms with van der Waals surface area (Å²) in [6.07, 6.45) is 7.99. The second-order valence-electron chi connectivity index (χ2n) is 7.03. The molecule has 114 valence electrons. The van der Waals surface area contributed by atoms with E-state index in [1.165, 1.54) is 0 Å². The molecule has 1 N–H and O–H groups in total. The first kappa shape index (κ1) is 15.6. The van der Waals surface area contributed by atoms with Gasteiger partial charge in [-0.2, -0.15) is 5.10 Å². The maximum atomic E-state index is 10.8. The third-order valence-corrected chi connectivity index (χ3v) is 5.12. The van der Waals surface area contributed by atoms with E-state index in [-0.39, 0.29) is 0 Å². The first-order chi connectivity index (χ1) is 9.43. The summed E-state index contributed by atoms with van der Waals surface area (Å²) in [5, 5.41) is 15.4. The van der Waals surface area contributed by atoms with E-state index in [2.05, 4.69) is 38.9 Å². The van der Waals surface area contributed by atoms with E-state index in [0.29, 0.717) is 12.5 Å². The summed E-state index contributed by atoms with van der Waals surface area (Å²) in [7, 11) is 0. The van der Waals surface area contributed by atoms with Crippen molar-refractivity contribution in [3.8, 4) is 0 Å². The molecule has 0 saturated heterocycles. The van der Waals surface area contributed by atoms with Crippen LogP contribution in [0.3, 0.4) is 0 Å². The molecule has 0 radical (unpaired) electrons. The van der Waals surface area contributed by atoms with Crippen molar-refractivity contribution in [2.45, 2.75) is 77.9 Å². The number of hydrogen-bond acceptors (Lipinski definition) is 2. The second-order valence-corrected chi connectivity index (χ2v) is 7.03. The summed E-state index contributed by atoms with van der Waals surface area (Å²) in [4.78, 5) is 0. The molecular formula is C17H30N2O. The van der Waals surface area contributed by atoms with E-state index in [1.807, 2.05) is 10.9 Å². The largest absolute Gasteiger partial charge is 0.389 e. The summed E-state index contributed by atoms with van der Waals surface area (Å²) in [5.74, 6) is 1.53. The van der Waals surface area contributed by atoms with Crippen molar-refractivity contribution in [1.29, 1.82) is 0 Å². The molecule has 20 heavy (non-hydrogen) atoms. The number of nitrogens with zero attached hydrogens (tertiary/aromatic N) is 2. The molecule has 1 fully saturated rings. The van der Waals surface area contributed by atoms with Crippen LogP contribution in [-0.2, 0) is 6.42 Å². The highest BCUT2D eigenvalue weighted by Gasteiger charge is 2.34. The normalized spacial score (nSPS) is 28.8. The predicted molar refractivity (Wildman–Crippen MR) is 82.7 cm³/mol. The lowest BCUT2D eigenvalue weighted by molar-refractivity contribution is -0.0154. The molecule has 1 heterocycles. The van der Waals surface area contributed by atoms with E-state index >= 15 is 0 Å². The van der Waals surface area contributed by atoms with E-state index in [9.17, 15) is 5.11 Å². The maximum absolute atomic E-state index is 10.8. The van der Waals surface area contributed by atoms with Gasteiger partial charge in [-0.15, -0.1) is 0 Å². The fraction of sp³-hybridized carbons (Fsp3) is 0.824. The van der Waals surface area contributed by atoms with Gasteiger partial charge in [0, 0.05) is 18.7 Å². The van der Waals surface area contributed by atoms with Gasteiger partial charge in [0.1, 0.15) is 0 Å². The van der Waals surface area contributed by atoms with Crippen LogP contribution in [0.2, 0.25) is 0 Å². The van der Waals surface area contributed by atoms with Crippen molar-refractivity contribution in [2.75, 3.05) is 0 Å². The first-order valence-electron chi connectivity index (χ1n) is 8.20. The van der Waals surface area contributed by atoms with Crippen LogP contribution < -0.4 is 0 Å². The summed E-state index contributed by atoms with van der Waals surface area (Å²) < 4.78 is 2.03. The van der Waals surface area contributed by atoms with Crippen LogP contribution in [0.1, 0.15) is 71.5 Å². The highest BCUT2D eigenvalue weighted by molar-refractivity contribution is 5.05. The molecule has 1 aliphatic rings. The Morgan fingerprint density at radius 3 is 2.55 bits per heavy atom. The van der Waals surface area contributed by atoms with Crippen LogP contribution in [0.4, 0.5) is 0 Å². The molecule has 0 amide bonds. The van der Waals surface area contributed by atoms with Crippen LogP contribution in [0.15, 0.2) is 12.3 Å². The molecule has 1 unspecified atom stereocenters. The van der Waals surface area contributed by atoms with Gasteiger partial charge in [0.25, 0.3) is 0 Å². The molecule has 0 bridgehead atoms. The molecule has 1 aromatic heterocycles. The summed E-state index contributed by atoms with van der Waals surface area (Å²) in [6, 6.07) is 2.51. The van der Waals surface area contributed by atoms with Gasteiger partial charge < -0.3 is 5.11 Å². The molecule has 0 aromatic carbocycles. The monoisotopic (exact) mass is 278 g/mol. The Hall–Kier alpha value is -0.830. The third kappa shape index (κ3) is 3.63. The van der Waals surface area contributed by atoms with Gasteiger partial charge in [0.15, 0.2) is 0 Å². The Kier molecular flexibility index (Phi) is 4.90. The van der Waals surface area contributed by atoms with E-state index in [1.54, 1.807) is 0 Å². The lowest BCUT2D eigenvalue weighted by Crippen LogP contribution is -2.37. The summed E-state index contributed by atoms with van der Waals surface area (Å²) in [6.45, 7) is 8.94. The highest BCUT2D eigenvalue weighted by atomic mass is 16.3. The van der Waals surface area contributed by atoms with Crippen molar-refractivity contribution in [2.24, 2.45) is 11.8 Å². The topological polar surface area (TPSA) is 38.0 Å². The van der Waals surface area contributed by atoms with E-state index in [0.717, 1.165) is 49.6 Å². The van der Waals surface area contributed by atoms with Gasteiger partial charge in [-0.1, -0.05) is 20.8 Å². The summed E-state index contributed by atoms with van der Waals surface area (Å²) in [5.41, 5.74) is 0.510. The Balaban J connectivity index is 1.94. The molecule has 0 aliphatic heterocycles. The van der Waals surface area contributed by atoms with Crippen LogP contribution in [0.25, 0.3) is 0 Å². The van der Waals surface area contributed by atoms with Crippen LogP contribution in [-0.4, -0.2) is 20.5 Å². The number of hydrogen-bond donors (Lipinski definition) is 1. The van der Waals surface area contributed by atoms with Gasteiger partial charge >= 0.3 is 0 Å². The molecule has 1 atom stereocenters.